The fraction of sp³-hybridized carbons (Fsp3) is 0.533. The monoisotopic (exact) mass is 336 g/mol. The van der Waals surface area contributed by atoms with E-state index in [1.807, 2.05) is 22.4 Å². The van der Waals surface area contributed by atoms with E-state index >= 15 is 0 Å². The standard InChI is InChI=1S/C15H20N4O3S/c1-11(14-16-17-15(22-14)12-4-3-9-23-12)18-5-7-19(8-6-18)13(20)10-21-2/h3-4,9,11H,5-8,10H2,1-2H3. The number of aromatic nitrogens is 2. The van der Waals surface area contributed by atoms with Crippen LogP contribution < -0.4 is 0 Å². The van der Waals surface area contributed by atoms with Crippen LogP contribution in [0, 0.1) is 0 Å². The van der Waals surface area contributed by atoms with Gasteiger partial charge < -0.3 is 14.1 Å². The van der Waals surface area contributed by atoms with E-state index in [0.717, 1.165) is 18.0 Å². The molecular weight excluding hydrogens is 316 g/mol. The van der Waals surface area contributed by atoms with Crippen LogP contribution >= 0.6 is 11.3 Å². The Kier molecular flexibility index (Phi) is 5.04. The van der Waals surface area contributed by atoms with Crippen molar-refractivity contribution in [1.82, 2.24) is 20.0 Å². The van der Waals surface area contributed by atoms with Crippen molar-refractivity contribution in [3.05, 3.63) is 23.4 Å². The number of methoxy groups -OCH3 is 1. The second-order valence-corrected chi connectivity index (χ2v) is 6.40. The third kappa shape index (κ3) is 3.60. The van der Waals surface area contributed by atoms with Crippen molar-refractivity contribution in [2.24, 2.45) is 0 Å². The summed E-state index contributed by atoms with van der Waals surface area (Å²) in [4.78, 5) is 16.9. The predicted octanol–water partition coefficient (Wildman–Crippen LogP) is 1.65. The Balaban J connectivity index is 1.59. The molecule has 0 N–H and O–H groups in total. The number of piperazine rings is 1. The molecule has 0 aliphatic carbocycles. The zero-order valence-corrected chi connectivity index (χ0v) is 14.1. The van der Waals surface area contributed by atoms with Gasteiger partial charge >= 0.3 is 0 Å². The van der Waals surface area contributed by atoms with E-state index in [9.17, 15) is 4.79 Å². The Bertz CT molecular complexity index is 635. The largest absolute Gasteiger partial charge is 0.418 e. The van der Waals surface area contributed by atoms with Crippen LogP contribution in [-0.2, 0) is 9.53 Å². The van der Waals surface area contributed by atoms with Crippen molar-refractivity contribution in [3.63, 3.8) is 0 Å². The second kappa shape index (κ2) is 7.20. The zero-order valence-electron chi connectivity index (χ0n) is 13.3. The van der Waals surface area contributed by atoms with Crippen molar-refractivity contribution in [3.8, 4) is 10.8 Å². The molecule has 0 spiro atoms. The summed E-state index contributed by atoms with van der Waals surface area (Å²) in [5.74, 6) is 1.22. The number of thiophene rings is 1. The number of carbonyl (C=O) groups excluding carboxylic acids is 1. The number of hydrogen-bond acceptors (Lipinski definition) is 7. The van der Waals surface area contributed by atoms with Gasteiger partial charge in [0.1, 0.15) is 6.61 Å². The molecule has 124 valence electrons. The summed E-state index contributed by atoms with van der Waals surface area (Å²) in [7, 11) is 1.54. The molecule has 23 heavy (non-hydrogen) atoms. The molecule has 1 aliphatic heterocycles. The first kappa shape index (κ1) is 16.1. The maximum absolute atomic E-state index is 11.8. The fourth-order valence-corrected chi connectivity index (χ4v) is 3.28. The van der Waals surface area contributed by atoms with Crippen LogP contribution in [0.2, 0.25) is 0 Å². The van der Waals surface area contributed by atoms with Gasteiger partial charge in [-0.15, -0.1) is 21.5 Å². The minimum absolute atomic E-state index is 0.0379. The van der Waals surface area contributed by atoms with Crippen LogP contribution in [0.25, 0.3) is 10.8 Å². The predicted molar refractivity (Wildman–Crippen MR) is 86.1 cm³/mol. The molecule has 0 saturated carbocycles. The topological polar surface area (TPSA) is 71.7 Å². The smallest absolute Gasteiger partial charge is 0.257 e. The summed E-state index contributed by atoms with van der Waals surface area (Å²) in [6, 6.07) is 3.96. The van der Waals surface area contributed by atoms with Gasteiger partial charge in [0.2, 0.25) is 11.8 Å². The van der Waals surface area contributed by atoms with Crippen molar-refractivity contribution in [2.75, 3.05) is 39.9 Å². The number of ether oxygens (including phenoxy) is 1. The van der Waals surface area contributed by atoms with Gasteiger partial charge in [0.05, 0.1) is 10.9 Å². The van der Waals surface area contributed by atoms with Gasteiger partial charge in [-0.25, -0.2) is 0 Å². The molecule has 8 heteroatoms. The van der Waals surface area contributed by atoms with Crippen LogP contribution in [0.4, 0.5) is 0 Å². The van der Waals surface area contributed by atoms with Crippen molar-refractivity contribution >= 4 is 17.2 Å². The SMILES string of the molecule is COCC(=O)N1CCN(C(C)c2nnc(-c3cccs3)o2)CC1. The van der Waals surface area contributed by atoms with E-state index in [1.165, 1.54) is 7.11 Å². The summed E-state index contributed by atoms with van der Waals surface area (Å²) in [6.45, 7) is 5.15. The summed E-state index contributed by atoms with van der Waals surface area (Å²) in [5.41, 5.74) is 0. The first-order chi connectivity index (χ1) is 11.2. The molecule has 0 radical (unpaired) electrons. The highest BCUT2D eigenvalue weighted by Gasteiger charge is 2.27. The lowest BCUT2D eigenvalue weighted by molar-refractivity contribution is -0.137. The molecule has 1 fully saturated rings. The quantitative estimate of drug-likeness (QED) is 0.827. The number of carbonyl (C=O) groups is 1. The van der Waals surface area contributed by atoms with E-state index in [0.29, 0.717) is 24.9 Å². The number of hydrogen-bond donors (Lipinski definition) is 0. The molecular formula is C15H20N4O3S. The molecule has 2 aromatic heterocycles. The molecule has 1 atom stereocenters. The fourth-order valence-electron chi connectivity index (χ4n) is 2.63. The minimum atomic E-state index is 0.0379. The third-order valence-electron chi connectivity index (χ3n) is 4.01. The lowest BCUT2D eigenvalue weighted by Crippen LogP contribution is -2.50. The Morgan fingerprint density at radius 2 is 2.17 bits per heavy atom. The molecule has 1 amide bonds. The first-order valence-electron chi connectivity index (χ1n) is 7.57. The van der Waals surface area contributed by atoms with Crippen molar-refractivity contribution in [2.45, 2.75) is 13.0 Å². The Morgan fingerprint density at radius 3 is 2.83 bits per heavy atom. The minimum Gasteiger partial charge on any atom is -0.418 e. The van der Waals surface area contributed by atoms with E-state index in [4.69, 9.17) is 9.15 Å². The summed E-state index contributed by atoms with van der Waals surface area (Å²) in [6.07, 6.45) is 0. The molecule has 1 unspecified atom stereocenters. The number of amides is 1. The van der Waals surface area contributed by atoms with E-state index in [1.54, 1.807) is 11.3 Å². The number of rotatable bonds is 5. The van der Waals surface area contributed by atoms with Crippen LogP contribution in [-0.4, -0.2) is 65.8 Å². The molecule has 7 nitrogen and oxygen atoms in total. The van der Waals surface area contributed by atoms with Crippen LogP contribution in [0.1, 0.15) is 18.9 Å². The van der Waals surface area contributed by atoms with E-state index in [2.05, 4.69) is 22.0 Å². The van der Waals surface area contributed by atoms with Crippen molar-refractivity contribution < 1.29 is 13.9 Å². The first-order valence-corrected chi connectivity index (χ1v) is 8.45. The normalized spacial score (nSPS) is 17.4. The Hall–Kier alpha value is -1.77. The lowest BCUT2D eigenvalue weighted by atomic mass is 10.2. The highest BCUT2D eigenvalue weighted by Crippen LogP contribution is 2.27. The van der Waals surface area contributed by atoms with Gasteiger partial charge in [0.25, 0.3) is 5.89 Å². The van der Waals surface area contributed by atoms with Gasteiger partial charge in [-0.3, -0.25) is 9.69 Å². The van der Waals surface area contributed by atoms with Gasteiger partial charge in [0.15, 0.2) is 0 Å². The molecule has 3 rings (SSSR count). The zero-order chi connectivity index (χ0) is 16.2. The summed E-state index contributed by atoms with van der Waals surface area (Å²) >= 11 is 1.58. The highest BCUT2D eigenvalue weighted by atomic mass is 32.1. The maximum Gasteiger partial charge on any atom is 0.257 e. The van der Waals surface area contributed by atoms with E-state index in [-0.39, 0.29) is 18.6 Å². The maximum atomic E-state index is 11.8. The molecule has 0 bridgehead atoms. The van der Waals surface area contributed by atoms with Crippen LogP contribution in [0.3, 0.4) is 0 Å². The van der Waals surface area contributed by atoms with Crippen LogP contribution in [0.15, 0.2) is 21.9 Å². The second-order valence-electron chi connectivity index (χ2n) is 5.45. The van der Waals surface area contributed by atoms with Gasteiger partial charge in [-0.2, -0.15) is 0 Å². The van der Waals surface area contributed by atoms with Gasteiger partial charge in [0, 0.05) is 33.3 Å². The Labute approximate surface area is 138 Å². The average molecular weight is 336 g/mol. The molecule has 2 aromatic rings. The number of nitrogens with zero attached hydrogens (tertiary/aromatic N) is 4. The Morgan fingerprint density at radius 1 is 1.39 bits per heavy atom. The molecule has 3 heterocycles. The third-order valence-corrected chi connectivity index (χ3v) is 4.87. The lowest BCUT2D eigenvalue weighted by Gasteiger charge is -2.36. The summed E-state index contributed by atoms with van der Waals surface area (Å²) in [5, 5.41) is 10.3. The van der Waals surface area contributed by atoms with Gasteiger partial charge in [-0.1, -0.05) is 6.07 Å². The molecule has 0 aromatic carbocycles. The highest BCUT2D eigenvalue weighted by molar-refractivity contribution is 7.13. The van der Waals surface area contributed by atoms with Crippen molar-refractivity contribution in [1.29, 1.82) is 0 Å². The molecule has 1 aliphatic rings. The van der Waals surface area contributed by atoms with Crippen LogP contribution in [0.5, 0.6) is 0 Å². The summed E-state index contributed by atoms with van der Waals surface area (Å²) < 4.78 is 10.7. The average Bonchev–Trinajstić information content (AvgIpc) is 3.25. The molecule has 1 saturated heterocycles. The van der Waals surface area contributed by atoms with Gasteiger partial charge in [-0.05, 0) is 18.4 Å². The van der Waals surface area contributed by atoms with E-state index < -0.39 is 0 Å².